The molecule has 0 rings (SSSR count). The normalized spacial score (nSPS) is 11.8. The Bertz CT molecular complexity index is 86.9. The summed E-state index contributed by atoms with van der Waals surface area (Å²) in [7, 11) is 0. The van der Waals surface area contributed by atoms with Crippen molar-refractivity contribution in [3.8, 4) is 0 Å². The van der Waals surface area contributed by atoms with E-state index in [0.29, 0.717) is 5.92 Å². The van der Waals surface area contributed by atoms with Crippen molar-refractivity contribution in [1.29, 1.82) is 0 Å². The van der Waals surface area contributed by atoms with Crippen LogP contribution in [0.4, 0.5) is 0 Å². The topological polar surface area (TPSA) is 21.6 Å². The van der Waals surface area contributed by atoms with Crippen molar-refractivity contribution >= 4 is 6.21 Å². The van der Waals surface area contributed by atoms with E-state index in [9.17, 15) is 0 Å². The minimum absolute atomic E-state index is 0.194. The van der Waals surface area contributed by atoms with Gasteiger partial charge in [-0.15, -0.1) is 0 Å². The van der Waals surface area contributed by atoms with Crippen LogP contribution in [0, 0.1) is 5.92 Å². The van der Waals surface area contributed by atoms with Crippen LogP contribution in [0.15, 0.2) is 5.16 Å². The summed E-state index contributed by atoms with van der Waals surface area (Å²) in [5, 5.41) is 3.75. The fraction of sp³-hybridized carbons (Fsp3) is 0.857. The molecule has 0 heterocycles. The molecule has 0 fully saturated rings. The van der Waals surface area contributed by atoms with Crippen LogP contribution in [0.25, 0.3) is 0 Å². The molecule has 9 heavy (non-hydrogen) atoms. The third-order valence-electron chi connectivity index (χ3n) is 0.631. The maximum absolute atomic E-state index is 4.92. The average molecular weight is 129 g/mol. The van der Waals surface area contributed by atoms with Crippen molar-refractivity contribution in [2.45, 2.75) is 33.8 Å². The summed E-state index contributed by atoms with van der Waals surface area (Å²) < 4.78 is 0. The second-order valence-corrected chi connectivity index (χ2v) is 2.65. The van der Waals surface area contributed by atoms with E-state index in [1.807, 2.05) is 13.8 Å². The molecule has 54 valence electrons. The van der Waals surface area contributed by atoms with E-state index in [-0.39, 0.29) is 6.10 Å². The van der Waals surface area contributed by atoms with E-state index in [2.05, 4.69) is 19.0 Å². The Hall–Kier alpha value is -0.530. The summed E-state index contributed by atoms with van der Waals surface area (Å²) in [6.07, 6.45) is 1.99. The number of oxime groups is 1. The third kappa shape index (κ3) is 7.47. The van der Waals surface area contributed by atoms with Crippen LogP contribution in [-0.2, 0) is 4.84 Å². The molecule has 0 aromatic heterocycles. The molecule has 0 atom stereocenters. The predicted molar refractivity (Wildman–Crippen MR) is 39.6 cm³/mol. The lowest BCUT2D eigenvalue weighted by molar-refractivity contribution is 0.0863. The van der Waals surface area contributed by atoms with Crippen LogP contribution in [0.2, 0.25) is 0 Å². The molecule has 0 aliphatic rings. The molecule has 0 radical (unpaired) electrons. The van der Waals surface area contributed by atoms with Crippen molar-refractivity contribution in [3.63, 3.8) is 0 Å². The number of hydrogen-bond donors (Lipinski definition) is 0. The fourth-order valence-electron chi connectivity index (χ4n) is 0.279. The molecule has 0 saturated heterocycles. The number of hydrogen-bond acceptors (Lipinski definition) is 2. The Morgan fingerprint density at radius 2 is 1.78 bits per heavy atom. The standard InChI is InChI=1S/C7H15NO/c1-6(2)5-8-9-7(3)4/h5-7H,1-4H3/b8-5+. The van der Waals surface area contributed by atoms with Crippen LogP contribution >= 0.6 is 0 Å². The van der Waals surface area contributed by atoms with Gasteiger partial charge in [0.2, 0.25) is 0 Å². The second-order valence-electron chi connectivity index (χ2n) is 2.65. The Labute approximate surface area is 56.9 Å². The zero-order chi connectivity index (χ0) is 7.28. The van der Waals surface area contributed by atoms with Gasteiger partial charge in [-0.2, -0.15) is 0 Å². The molecule has 0 saturated carbocycles. The summed E-state index contributed by atoms with van der Waals surface area (Å²) >= 11 is 0. The first-order valence-electron chi connectivity index (χ1n) is 3.32. The molecule has 0 spiro atoms. The number of rotatable bonds is 3. The lowest BCUT2D eigenvalue weighted by Crippen LogP contribution is -1.97. The smallest absolute Gasteiger partial charge is 0.121 e. The van der Waals surface area contributed by atoms with E-state index in [1.165, 1.54) is 0 Å². The molecule has 2 heteroatoms. The van der Waals surface area contributed by atoms with Gasteiger partial charge in [-0.05, 0) is 19.8 Å². The van der Waals surface area contributed by atoms with Crippen molar-refractivity contribution in [2.24, 2.45) is 11.1 Å². The summed E-state index contributed by atoms with van der Waals surface area (Å²) in [5.74, 6) is 0.476. The molecule has 0 aliphatic carbocycles. The molecular weight excluding hydrogens is 114 g/mol. The van der Waals surface area contributed by atoms with Crippen molar-refractivity contribution < 1.29 is 4.84 Å². The Kier molecular flexibility index (Phi) is 4.10. The minimum atomic E-state index is 0.194. The summed E-state index contributed by atoms with van der Waals surface area (Å²) in [4.78, 5) is 4.92. The third-order valence-corrected chi connectivity index (χ3v) is 0.631. The van der Waals surface area contributed by atoms with Gasteiger partial charge in [-0.3, -0.25) is 0 Å². The van der Waals surface area contributed by atoms with Gasteiger partial charge in [0, 0.05) is 6.21 Å². The lowest BCUT2D eigenvalue weighted by Gasteiger charge is -2.00. The van der Waals surface area contributed by atoms with E-state index in [1.54, 1.807) is 6.21 Å². The van der Waals surface area contributed by atoms with Crippen LogP contribution < -0.4 is 0 Å². The largest absolute Gasteiger partial charge is 0.393 e. The Morgan fingerprint density at radius 1 is 1.22 bits per heavy atom. The van der Waals surface area contributed by atoms with Crippen LogP contribution in [-0.4, -0.2) is 12.3 Å². The second kappa shape index (κ2) is 4.36. The van der Waals surface area contributed by atoms with Crippen LogP contribution in [0.5, 0.6) is 0 Å². The van der Waals surface area contributed by atoms with Crippen LogP contribution in [0.1, 0.15) is 27.7 Å². The monoisotopic (exact) mass is 129 g/mol. The fourth-order valence-corrected chi connectivity index (χ4v) is 0.279. The average Bonchev–Trinajstić information content (AvgIpc) is 1.63. The van der Waals surface area contributed by atoms with Gasteiger partial charge < -0.3 is 4.84 Å². The quantitative estimate of drug-likeness (QED) is 0.422. The number of nitrogens with zero attached hydrogens (tertiary/aromatic N) is 1. The van der Waals surface area contributed by atoms with Crippen molar-refractivity contribution in [3.05, 3.63) is 0 Å². The zero-order valence-corrected chi connectivity index (χ0v) is 6.59. The zero-order valence-electron chi connectivity index (χ0n) is 6.59. The van der Waals surface area contributed by atoms with Crippen molar-refractivity contribution in [2.75, 3.05) is 0 Å². The van der Waals surface area contributed by atoms with Gasteiger partial charge in [-0.1, -0.05) is 19.0 Å². The van der Waals surface area contributed by atoms with Gasteiger partial charge in [0.05, 0.1) is 0 Å². The first-order valence-corrected chi connectivity index (χ1v) is 3.32. The Morgan fingerprint density at radius 3 is 2.11 bits per heavy atom. The minimum Gasteiger partial charge on any atom is -0.393 e. The molecule has 0 unspecified atom stereocenters. The molecule has 0 amide bonds. The molecule has 0 aliphatic heterocycles. The summed E-state index contributed by atoms with van der Waals surface area (Å²) in [5.41, 5.74) is 0. The van der Waals surface area contributed by atoms with E-state index >= 15 is 0 Å². The molecule has 2 nitrogen and oxygen atoms in total. The van der Waals surface area contributed by atoms with Gasteiger partial charge >= 0.3 is 0 Å². The van der Waals surface area contributed by atoms with E-state index in [0.717, 1.165) is 0 Å². The van der Waals surface area contributed by atoms with E-state index < -0.39 is 0 Å². The van der Waals surface area contributed by atoms with Gasteiger partial charge in [0.25, 0.3) is 0 Å². The highest BCUT2D eigenvalue weighted by Crippen LogP contribution is 1.90. The lowest BCUT2D eigenvalue weighted by atomic mass is 10.3. The maximum Gasteiger partial charge on any atom is 0.121 e. The van der Waals surface area contributed by atoms with E-state index in [4.69, 9.17) is 4.84 Å². The highest BCUT2D eigenvalue weighted by atomic mass is 16.6. The first-order chi connectivity index (χ1) is 4.13. The molecular formula is C7H15NO. The Balaban J connectivity index is 3.25. The molecule has 0 aromatic carbocycles. The SMILES string of the molecule is CC(C)/C=N/OC(C)C. The first kappa shape index (κ1) is 8.47. The highest BCUT2D eigenvalue weighted by Gasteiger charge is 1.88. The van der Waals surface area contributed by atoms with Crippen molar-refractivity contribution in [1.82, 2.24) is 0 Å². The summed E-state index contributed by atoms with van der Waals surface area (Å²) in [6.45, 7) is 8.04. The van der Waals surface area contributed by atoms with Gasteiger partial charge in [0.1, 0.15) is 6.10 Å². The van der Waals surface area contributed by atoms with Gasteiger partial charge in [0.15, 0.2) is 0 Å². The highest BCUT2D eigenvalue weighted by molar-refractivity contribution is 5.58. The molecule has 0 aromatic rings. The van der Waals surface area contributed by atoms with Gasteiger partial charge in [-0.25, -0.2) is 0 Å². The molecule has 0 bridgehead atoms. The van der Waals surface area contributed by atoms with Crippen LogP contribution in [0.3, 0.4) is 0 Å². The molecule has 0 N–H and O–H groups in total. The predicted octanol–water partition coefficient (Wildman–Crippen LogP) is 2.05. The maximum atomic E-state index is 4.92. The summed E-state index contributed by atoms with van der Waals surface area (Å²) in [6, 6.07) is 0.